The van der Waals surface area contributed by atoms with E-state index in [0.717, 1.165) is 5.56 Å². The number of cyclic esters (lactones) is 1. The molecule has 1 aromatic heterocycles. The quantitative estimate of drug-likeness (QED) is 0.626. The molecule has 3 rings (SSSR count). The molecule has 7 nitrogen and oxygen atoms in total. The van der Waals surface area contributed by atoms with Gasteiger partial charge in [-0.2, -0.15) is 0 Å². The number of anilines is 1. The van der Waals surface area contributed by atoms with Gasteiger partial charge in [-0.1, -0.05) is 18.2 Å². The van der Waals surface area contributed by atoms with Gasteiger partial charge in [-0.25, -0.2) is 9.78 Å². The van der Waals surface area contributed by atoms with Gasteiger partial charge in [-0.3, -0.25) is 9.78 Å². The van der Waals surface area contributed by atoms with Gasteiger partial charge in [-0.05, 0) is 11.6 Å². The summed E-state index contributed by atoms with van der Waals surface area (Å²) in [5, 5.41) is 5.78. The normalized spacial score (nSPS) is 16.2. The molecule has 23 heavy (non-hydrogen) atoms. The van der Waals surface area contributed by atoms with Crippen LogP contribution in [0.15, 0.2) is 42.9 Å². The number of amides is 1. The number of carbonyl (C=O) groups excluding carboxylic acids is 2. The van der Waals surface area contributed by atoms with Crippen LogP contribution in [0.25, 0.3) is 0 Å². The molecule has 0 aliphatic carbocycles. The van der Waals surface area contributed by atoms with Crippen molar-refractivity contribution in [3.05, 3.63) is 54.0 Å². The van der Waals surface area contributed by atoms with Crippen LogP contribution in [0.4, 0.5) is 5.82 Å². The number of nitrogens with one attached hydrogen (secondary N) is 2. The number of ether oxygens (including phenoxy) is 1. The second-order valence-electron chi connectivity index (χ2n) is 5.06. The van der Waals surface area contributed by atoms with Crippen LogP contribution in [-0.2, 0) is 16.0 Å². The lowest BCUT2D eigenvalue weighted by molar-refractivity contribution is -0.130. The van der Waals surface area contributed by atoms with Gasteiger partial charge < -0.3 is 15.4 Å². The predicted molar refractivity (Wildman–Crippen MR) is 82.9 cm³/mol. The lowest BCUT2D eigenvalue weighted by Crippen LogP contribution is -2.43. The zero-order chi connectivity index (χ0) is 16.1. The van der Waals surface area contributed by atoms with E-state index in [1.165, 1.54) is 0 Å². The fourth-order valence-electron chi connectivity index (χ4n) is 2.36. The van der Waals surface area contributed by atoms with E-state index in [9.17, 15) is 9.59 Å². The Morgan fingerprint density at radius 3 is 2.96 bits per heavy atom. The van der Waals surface area contributed by atoms with Crippen molar-refractivity contribution in [1.82, 2.24) is 15.3 Å². The Bertz CT molecular complexity index is 705. The topological polar surface area (TPSA) is 93.2 Å². The van der Waals surface area contributed by atoms with Crippen LogP contribution < -0.4 is 10.6 Å². The first kappa shape index (κ1) is 15.0. The molecule has 0 bridgehead atoms. The minimum absolute atomic E-state index is 0.297. The van der Waals surface area contributed by atoms with Crippen molar-refractivity contribution >= 4 is 17.7 Å². The van der Waals surface area contributed by atoms with E-state index < -0.39 is 12.1 Å². The maximum Gasteiger partial charge on any atom is 0.339 e. The molecule has 7 heteroatoms. The summed E-state index contributed by atoms with van der Waals surface area (Å²) in [6, 6.07) is 7.16. The Hall–Kier alpha value is -2.96. The SMILES string of the molecule is O=C1O[C@@H](C(=O)NCCNc2cnccn2)Cc2ccccc21. The largest absolute Gasteiger partial charge is 0.448 e. The molecule has 0 unspecified atom stereocenters. The highest BCUT2D eigenvalue weighted by molar-refractivity contribution is 5.95. The highest BCUT2D eigenvalue weighted by atomic mass is 16.5. The molecule has 2 N–H and O–H groups in total. The van der Waals surface area contributed by atoms with E-state index in [2.05, 4.69) is 20.6 Å². The van der Waals surface area contributed by atoms with Gasteiger partial charge in [0.15, 0.2) is 6.10 Å². The minimum Gasteiger partial charge on any atom is -0.448 e. The highest BCUT2D eigenvalue weighted by Crippen LogP contribution is 2.20. The summed E-state index contributed by atoms with van der Waals surface area (Å²) in [5.74, 6) is -0.113. The molecular weight excluding hydrogens is 296 g/mol. The molecule has 0 saturated heterocycles. The number of carbonyl (C=O) groups is 2. The van der Waals surface area contributed by atoms with Crippen molar-refractivity contribution < 1.29 is 14.3 Å². The number of rotatable bonds is 5. The third kappa shape index (κ3) is 3.63. The number of aromatic nitrogens is 2. The third-order valence-corrected chi connectivity index (χ3v) is 3.48. The zero-order valence-corrected chi connectivity index (χ0v) is 12.4. The Kier molecular flexibility index (Phi) is 4.46. The first-order valence-electron chi connectivity index (χ1n) is 7.30. The number of hydrogen-bond acceptors (Lipinski definition) is 6. The number of esters is 1. The summed E-state index contributed by atoms with van der Waals surface area (Å²) in [6.45, 7) is 0.896. The first-order chi connectivity index (χ1) is 11.2. The van der Waals surface area contributed by atoms with Crippen molar-refractivity contribution in [3.63, 3.8) is 0 Å². The highest BCUT2D eigenvalue weighted by Gasteiger charge is 2.30. The van der Waals surface area contributed by atoms with Gasteiger partial charge >= 0.3 is 5.97 Å². The third-order valence-electron chi connectivity index (χ3n) is 3.48. The van der Waals surface area contributed by atoms with Gasteiger partial charge in [0.05, 0.1) is 11.8 Å². The molecule has 1 aromatic carbocycles. The van der Waals surface area contributed by atoms with Crippen molar-refractivity contribution in [2.24, 2.45) is 0 Å². The maximum atomic E-state index is 12.1. The number of hydrogen-bond donors (Lipinski definition) is 2. The van der Waals surface area contributed by atoms with Crippen LogP contribution in [0.1, 0.15) is 15.9 Å². The molecule has 1 amide bonds. The molecule has 118 valence electrons. The standard InChI is InChI=1S/C16H16N4O3/c21-15(20-8-7-19-14-10-17-5-6-18-14)13-9-11-3-1-2-4-12(11)16(22)23-13/h1-6,10,13H,7-9H2,(H,18,19)(H,20,21)/t13-/m1/s1. The van der Waals surface area contributed by atoms with Gasteiger partial charge in [-0.15, -0.1) is 0 Å². The van der Waals surface area contributed by atoms with Crippen molar-refractivity contribution in [3.8, 4) is 0 Å². The molecule has 0 saturated carbocycles. The fraction of sp³-hybridized carbons (Fsp3) is 0.250. The van der Waals surface area contributed by atoms with Crippen LogP contribution in [0.2, 0.25) is 0 Å². The van der Waals surface area contributed by atoms with Crippen LogP contribution >= 0.6 is 0 Å². The van der Waals surface area contributed by atoms with Crippen LogP contribution in [-0.4, -0.2) is 41.0 Å². The molecule has 2 aromatic rings. The summed E-state index contributed by atoms with van der Waals surface area (Å²) in [5.41, 5.74) is 1.36. The molecule has 0 fully saturated rings. The van der Waals surface area contributed by atoms with E-state index in [0.29, 0.717) is 30.9 Å². The van der Waals surface area contributed by atoms with Gasteiger partial charge in [0.25, 0.3) is 5.91 Å². The lowest BCUT2D eigenvalue weighted by atomic mass is 9.98. The smallest absolute Gasteiger partial charge is 0.339 e. The maximum absolute atomic E-state index is 12.1. The molecule has 1 aliphatic heterocycles. The second kappa shape index (κ2) is 6.87. The van der Waals surface area contributed by atoms with Crippen molar-refractivity contribution in [1.29, 1.82) is 0 Å². The molecular formula is C16H16N4O3. The van der Waals surface area contributed by atoms with E-state index in [1.807, 2.05) is 12.1 Å². The summed E-state index contributed by atoms with van der Waals surface area (Å²) < 4.78 is 5.20. The molecule has 2 heterocycles. The summed E-state index contributed by atoms with van der Waals surface area (Å²) in [6.07, 6.45) is 4.38. The molecule has 0 spiro atoms. The van der Waals surface area contributed by atoms with Gasteiger partial charge in [0, 0.05) is 31.9 Å². The van der Waals surface area contributed by atoms with E-state index >= 15 is 0 Å². The molecule has 1 atom stereocenters. The monoisotopic (exact) mass is 312 g/mol. The molecule has 0 radical (unpaired) electrons. The average Bonchev–Trinajstić information content (AvgIpc) is 2.59. The van der Waals surface area contributed by atoms with Crippen molar-refractivity contribution in [2.45, 2.75) is 12.5 Å². The lowest BCUT2D eigenvalue weighted by Gasteiger charge is -2.23. The summed E-state index contributed by atoms with van der Waals surface area (Å²) in [7, 11) is 0. The van der Waals surface area contributed by atoms with E-state index in [-0.39, 0.29) is 5.91 Å². The van der Waals surface area contributed by atoms with Crippen molar-refractivity contribution in [2.75, 3.05) is 18.4 Å². The number of nitrogens with zero attached hydrogens (tertiary/aromatic N) is 2. The Labute approximate surface area is 133 Å². The first-order valence-corrected chi connectivity index (χ1v) is 7.30. The molecule has 1 aliphatic rings. The number of fused-ring (bicyclic) bond motifs is 1. The Balaban J connectivity index is 1.49. The van der Waals surface area contributed by atoms with Gasteiger partial charge in [0.1, 0.15) is 5.82 Å². The van der Waals surface area contributed by atoms with Crippen LogP contribution in [0.5, 0.6) is 0 Å². The Morgan fingerprint density at radius 2 is 2.13 bits per heavy atom. The average molecular weight is 312 g/mol. The predicted octanol–water partition coefficient (Wildman–Crippen LogP) is 0.786. The zero-order valence-electron chi connectivity index (χ0n) is 12.4. The summed E-state index contributed by atoms with van der Waals surface area (Å²) in [4.78, 5) is 32.0. The van der Waals surface area contributed by atoms with E-state index in [4.69, 9.17) is 4.74 Å². The minimum atomic E-state index is -0.783. The summed E-state index contributed by atoms with van der Waals surface area (Å²) >= 11 is 0. The second-order valence-corrected chi connectivity index (χ2v) is 5.06. The van der Waals surface area contributed by atoms with Crippen LogP contribution in [0.3, 0.4) is 0 Å². The van der Waals surface area contributed by atoms with E-state index in [1.54, 1.807) is 30.7 Å². The van der Waals surface area contributed by atoms with Gasteiger partial charge in [0.2, 0.25) is 0 Å². The Morgan fingerprint density at radius 1 is 1.26 bits per heavy atom. The number of benzene rings is 1. The fourth-order valence-corrected chi connectivity index (χ4v) is 2.36. The van der Waals surface area contributed by atoms with Crippen LogP contribution in [0, 0.1) is 0 Å².